The lowest BCUT2D eigenvalue weighted by molar-refractivity contribution is 0.0880. The van der Waals surface area contributed by atoms with Gasteiger partial charge in [-0.3, -0.25) is 4.79 Å². The van der Waals surface area contributed by atoms with Gasteiger partial charge in [-0.1, -0.05) is 17.3 Å². The smallest absolute Gasteiger partial charge is 0.259 e. The Morgan fingerprint density at radius 1 is 1.28 bits per heavy atom. The summed E-state index contributed by atoms with van der Waals surface area (Å²) in [5.74, 6) is 0.199. The van der Waals surface area contributed by atoms with Gasteiger partial charge in [0, 0.05) is 11.8 Å². The van der Waals surface area contributed by atoms with Gasteiger partial charge in [0.25, 0.3) is 15.9 Å². The largest absolute Gasteiger partial charge is 0.490 e. The van der Waals surface area contributed by atoms with E-state index in [4.69, 9.17) is 10.5 Å². The standard InChI is InChI=1S/C20H21N7O4S/c1-20(2,24-19(28)13-6-7-22-16(10-13)27-9-8-23-26-27)12-31-15-5-3-4-14-11-32(29,30)25-18(21)17(14)15/h3-10H,11-12H2,1-2H3,(H2,21,25)(H,24,28). The summed E-state index contributed by atoms with van der Waals surface area (Å²) in [5, 5.41) is 10.5. The summed E-state index contributed by atoms with van der Waals surface area (Å²) in [7, 11) is -3.64. The first kappa shape index (κ1) is 21.4. The van der Waals surface area contributed by atoms with Crippen molar-refractivity contribution < 1.29 is 17.9 Å². The number of amides is 1. The molecule has 1 aliphatic rings. The van der Waals surface area contributed by atoms with Crippen LogP contribution in [0.4, 0.5) is 0 Å². The van der Waals surface area contributed by atoms with Crippen LogP contribution in [0, 0.1) is 0 Å². The molecule has 0 saturated heterocycles. The number of nitrogens with zero attached hydrogens (tertiary/aromatic N) is 5. The van der Waals surface area contributed by atoms with Gasteiger partial charge < -0.3 is 15.8 Å². The molecule has 0 spiro atoms. The summed E-state index contributed by atoms with van der Waals surface area (Å²) in [6, 6.07) is 8.25. The Morgan fingerprint density at radius 3 is 2.84 bits per heavy atom. The van der Waals surface area contributed by atoms with Gasteiger partial charge in [0.05, 0.1) is 29.2 Å². The molecule has 0 bridgehead atoms. The molecule has 1 amide bonds. The van der Waals surface area contributed by atoms with Gasteiger partial charge >= 0.3 is 0 Å². The second-order valence-corrected chi connectivity index (χ2v) is 9.51. The lowest BCUT2D eigenvalue weighted by Crippen LogP contribution is -2.48. The van der Waals surface area contributed by atoms with Crippen LogP contribution >= 0.6 is 0 Å². The predicted molar refractivity (Wildman–Crippen MR) is 116 cm³/mol. The number of nitrogens with one attached hydrogen (secondary N) is 1. The van der Waals surface area contributed by atoms with Gasteiger partial charge in [-0.05, 0) is 37.6 Å². The number of aromatic nitrogens is 4. The van der Waals surface area contributed by atoms with E-state index in [1.54, 1.807) is 36.5 Å². The van der Waals surface area contributed by atoms with E-state index < -0.39 is 15.6 Å². The summed E-state index contributed by atoms with van der Waals surface area (Å²) >= 11 is 0. The highest BCUT2D eigenvalue weighted by atomic mass is 32.2. The van der Waals surface area contributed by atoms with E-state index in [9.17, 15) is 13.2 Å². The number of carbonyl (C=O) groups is 1. The summed E-state index contributed by atoms with van der Waals surface area (Å²) in [4.78, 5) is 17.0. The second-order valence-electron chi connectivity index (χ2n) is 7.87. The first-order valence-corrected chi connectivity index (χ1v) is 11.2. The third-order valence-corrected chi connectivity index (χ3v) is 5.80. The van der Waals surface area contributed by atoms with Gasteiger partial charge in [0.15, 0.2) is 5.82 Å². The Hall–Kier alpha value is -3.80. The van der Waals surface area contributed by atoms with E-state index in [1.807, 2.05) is 13.8 Å². The van der Waals surface area contributed by atoms with Crippen molar-refractivity contribution in [2.24, 2.45) is 10.1 Å². The number of hydrogen-bond donors (Lipinski definition) is 2. The van der Waals surface area contributed by atoms with Gasteiger partial charge in [-0.25, -0.2) is 18.1 Å². The summed E-state index contributed by atoms with van der Waals surface area (Å²) in [5.41, 5.74) is 6.49. The number of rotatable bonds is 6. The van der Waals surface area contributed by atoms with E-state index in [1.165, 1.54) is 17.1 Å². The molecule has 4 rings (SSSR count). The van der Waals surface area contributed by atoms with Crippen molar-refractivity contribution in [2.45, 2.75) is 25.1 Å². The number of amidine groups is 1. The third kappa shape index (κ3) is 4.59. The van der Waals surface area contributed by atoms with Gasteiger partial charge in [0.2, 0.25) is 0 Å². The number of benzene rings is 1. The molecule has 3 N–H and O–H groups in total. The normalized spacial score (nSPS) is 14.9. The van der Waals surface area contributed by atoms with Crippen LogP contribution in [0.1, 0.15) is 35.3 Å². The maximum Gasteiger partial charge on any atom is 0.259 e. The van der Waals surface area contributed by atoms with Crippen molar-refractivity contribution in [1.82, 2.24) is 25.3 Å². The zero-order chi connectivity index (χ0) is 22.9. The highest BCUT2D eigenvalue weighted by Gasteiger charge is 2.27. The molecule has 2 aromatic heterocycles. The van der Waals surface area contributed by atoms with E-state index >= 15 is 0 Å². The topological polar surface area (TPSA) is 154 Å². The van der Waals surface area contributed by atoms with Crippen LogP contribution in [-0.4, -0.2) is 52.3 Å². The summed E-state index contributed by atoms with van der Waals surface area (Å²) in [6.07, 6.45) is 4.66. The fourth-order valence-corrected chi connectivity index (χ4v) is 4.31. The number of fused-ring (bicyclic) bond motifs is 1. The molecule has 1 aromatic carbocycles. The molecule has 3 aromatic rings. The van der Waals surface area contributed by atoms with Gasteiger partial charge in [0.1, 0.15) is 18.2 Å². The number of hydrogen-bond acceptors (Lipinski definition) is 8. The molecule has 0 atom stereocenters. The number of nitrogens with two attached hydrogens (primary N) is 1. The van der Waals surface area contributed by atoms with Crippen LogP contribution in [0.2, 0.25) is 0 Å². The van der Waals surface area contributed by atoms with Crippen molar-refractivity contribution in [2.75, 3.05) is 6.61 Å². The minimum Gasteiger partial charge on any atom is -0.490 e. The predicted octanol–water partition coefficient (Wildman–Crippen LogP) is 0.798. The minimum atomic E-state index is -3.64. The quantitative estimate of drug-likeness (QED) is 0.553. The molecule has 0 aliphatic carbocycles. The van der Waals surface area contributed by atoms with Crippen molar-refractivity contribution in [1.29, 1.82) is 0 Å². The maximum absolute atomic E-state index is 12.8. The van der Waals surface area contributed by atoms with Crippen LogP contribution in [0.5, 0.6) is 5.75 Å². The van der Waals surface area contributed by atoms with E-state index in [-0.39, 0.29) is 24.1 Å². The fourth-order valence-electron chi connectivity index (χ4n) is 3.22. The van der Waals surface area contributed by atoms with E-state index in [0.717, 1.165) is 0 Å². The molecular weight excluding hydrogens is 434 g/mol. The lowest BCUT2D eigenvalue weighted by Gasteiger charge is -2.27. The third-order valence-electron chi connectivity index (χ3n) is 4.65. The Bertz CT molecular complexity index is 1300. The first-order valence-electron chi connectivity index (χ1n) is 9.62. The van der Waals surface area contributed by atoms with Crippen molar-refractivity contribution in [3.63, 3.8) is 0 Å². The molecular formula is C20H21N7O4S. The highest BCUT2D eigenvalue weighted by molar-refractivity contribution is 7.89. The zero-order valence-corrected chi connectivity index (χ0v) is 18.2. The monoisotopic (exact) mass is 455 g/mol. The molecule has 0 unspecified atom stereocenters. The molecule has 3 heterocycles. The van der Waals surface area contributed by atoms with Gasteiger partial charge in [-0.15, -0.1) is 9.50 Å². The highest BCUT2D eigenvalue weighted by Crippen LogP contribution is 2.28. The molecule has 166 valence electrons. The number of ether oxygens (including phenoxy) is 1. The molecule has 32 heavy (non-hydrogen) atoms. The molecule has 0 radical (unpaired) electrons. The Labute approximate surface area is 184 Å². The molecule has 0 fully saturated rings. The summed E-state index contributed by atoms with van der Waals surface area (Å²) in [6.45, 7) is 3.72. The maximum atomic E-state index is 12.8. The van der Waals surface area contributed by atoms with Crippen LogP contribution in [0.15, 0.2) is 53.3 Å². The average molecular weight is 456 g/mol. The minimum absolute atomic E-state index is 0.107. The van der Waals surface area contributed by atoms with E-state index in [0.29, 0.717) is 28.3 Å². The van der Waals surface area contributed by atoms with Crippen LogP contribution in [0.3, 0.4) is 0 Å². The Morgan fingerprint density at radius 2 is 2.09 bits per heavy atom. The molecule has 0 saturated carbocycles. The molecule has 1 aliphatic heterocycles. The molecule has 12 heteroatoms. The summed E-state index contributed by atoms with van der Waals surface area (Å²) < 4.78 is 34.6. The van der Waals surface area contributed by atoms with Gasteiger partial charge in [-0.2, -0.15) is 0 Å². The van der Waals surface area contributed by atoms with Crippen LogP contribution in [-0.2, 0) is 15.8 Å². The zero-order valence-electron chi connectivity index (χ0n) is 17.4. The Balaban J connectivity index is 1.47. The number of pyridine rings is 1. The second kappa shape index (κ2) is 8.04. The Kier molecular flexibility index (Phi) is 5.38. The number of sulfonamides is 1. The van der Waals surface area contributed by atoms with Crippen molar-refractivity contribution in [3.8, 4) is 11.6 Å². The first-order chi connectivity index (χ1) is 15.1. The van der Waals surface area contributed by atoms with Crippen molar-refractivity contribution >= 4 is 21.8 Å². The molecule has 11 nitrogen and oxygen atoms in total. The number of carbonyl (C=O) groups excluding carboxylic acids is 1. The average Bonchev–Trinajstić information content (AvgIpc) is 3.26. The lowest BCUT2D eigenvalue weighted by atomic mass is 10.0. The van der Waals surface area contributed by atoms with Crippen LogP contribution < -0.4 is 15.8 Å². The van der Waals surface area contributed by atoms with Crippen LogP contribution in [0.25, 0.3) is 5.82 Å². The van der Waals surface area contributed by atoms with Crippen molar-refractivity contribution in [3.05, 3.63) is 65.6 Å². The van der Waals surface area contributed by atoms with E-state index in [2.05, 4.69) is 25.0 Å². The SMILES string of the molecule is CC(C)(COc1cccc2c1C(N)=NS(=O)(=O)C2)NC(=O)c1ccnc(-n2ccnn2)c1. The fraction of sp³-hybridized carbons (Fsp3) is 0.250.